The van der Waals surface area contributed by atoms with Crippen molar-refractivity contribution in [2.24, 2.45) is 10.8 Å². The van der Waals surface area contributed by atoms with Gasteiger partial charge in [-0.25, -0.2) is 9.97 Å². The molecule has 6 amide bonds. The van der Waals surface area contributed by atoms with Crippen LogP contribution in [0.2, 0.25) is 0 Å². The lowest BCUT2D eigenvalue weighted by molar-refractivity contribution is -0.140. The Kier molecular flexibility index (Phi) is 16.9. The fraction of sp³-hybridized carbons (Fsp3) is 0.414. The van der Waals surface area contributed by atoms with E-state index in [0.29, 0.717) is 24.0 Å². The third-order valence-electron chi connectivity index (χ3n) is 14.4. The highest BCUT2D eigenvalue weighted by Gasteiger charge is 2.46. The molecule has 76 heavy (non-hydrogen) atoms. The monoisotopic (exact) mass is 1070 g/mol. The number of amides is 6. The lowest BCUT2D eigenvalue weighted by Crippen LogP contribution is -2.57. The maximum absolute atomic E-state index is 14.7. The van der Waals surface area contributed by atoms with E-state index in [-0.39, 0.29) is 48.5 Å². The van der Waals surface area contributed by atoms with Gasteiger partial charge in [0.25, 0.3) is 11.8 Å². The Labute approximate surface area is 453 Å². The summed E-state index contributed by atoms with van der Waals surface area (Å²) in [6.07, 6.45) is 0.831. The molecule has 6 aromatic rings. The number of hydrogen-bond acceptors (Lipinski definition) is 12. The van der Waals surface area contributed by atoms with E-state index in [1.165, 1.54) is 22.7 Å². The SMILES string of the molecule is CN[C@@H](C)C(=O)N[C@H](C(=O)N1CC(NC(=O)c2ccc3cc(C(=O)N[C@H]4C[C@@H](c5nc(-c6ccccc6)cs5)N(C(=O)[C@@H](NC(=O)[C@H](C)NC)C(C)(C)C)C4)ccc3c2)C[C@H]1c1nc(-c2ccccc2)cs1)C(C)(C)C. The molecule has 2 aromatic heterocycles. The molecule has 16 nitrogen and oxygen atoms in total. The molecule has 400 valence electrons. The zero-order chi connectivity index (χ0) is 54.6. The number of hydrogen-bond donors (Lipinski definition) is 6. The molecule has 8 rings (SSSR count). The molecule has 0 spiro atoms. The van der Waals surface area contributed by atoms with E-state index in [4.69, 9.17) is 9.97 Å². The summed E-state index contributed by atoms with van der Waals surface area (Å²) >= 11 is 2.93. The van der Waals surface area contributed by atoms with Crippen LogP contribution in [0.25, 0.3) is 33.3 Å². The van der Waals surface area contributed by atoms with Crippen LogP contribution in [0.1, 0.15) is 111 Å². The van der Waals surface area contributed by atoms with Crippen molar-refractivity contribution < 1.29 is 28.8 Å². The van der Waals surface area contributed by atoms with Crippen LogP contribution in [0.15, 0.2) is 108 Å². The van der Waals surface area contributed by atoms with E-state index < -0.39 is 59.2 Å². The van der Waals surface area contributed by atoms with Crippen LogP contribution < -0.4 is 31.9 Å². The van der Waals surface area contributed by atoms with E-state index in [2.05, 4.69) is 31.9 Å². The first-order valence-corrected chi connectivity index (χ1v) is 27.6. The first kappa shape index (κ1) is 55.4. The minimum Gasteiger partial charge on any atom is -0.347 e. The highest BCUT2D eigenvalue weighted by Crippen LogP contribution is 2.40. The molecule has 2 aliphatic rings. The van der Waals surface area contributed by atoms with Gasteiger partial charge in [-0.05, 0) is 86.7 Å². The number of likely N-dealkylation sites (tertiary alicyclic amines) is 2. The van der Waals surface area contributed by atoms with Crippen LogP contribution >= 0.6 is 22.7 Å². The molecular formula is C58H70N10O6S2. The summed E-state index contributed by atoms with van der Waals surface area (Å²) in [4.78, 5) is 97.5. The lowest BCUT2D eigenvalue weighted by atomic mass is 9.85. The van der Waals surface area contributed by atoms with E-state index in [0.717, 1.165) is 43.3 Å². The van der Waals surface area contributed by atoms with Gasteiger partial charge in [0, 0.05) is 58.2 Å². The smallest absolute Gasteiger partial charge is 0.251 e. The molecular weight excluding hydrogens is 997 g/mol. The molecule has 0 radical (unpaired) electrons. The summed E-state index contributed by atoms with van der Waals surface area (Å²) in [6.45, 7) is 15.4. The predicted molar refractivity (Wildman–Crippen MR) is 300 cm³/mol. The van der Waals surface area contributed by atoms with Crippen LogP contribution in [-0.2, 0) is 19.2 Å². The summed E-state index contributed by atoms with van der Waals surface area (Å²) in [5, 5.41) is 25.2. The van der Waals surface area contributed by atoms with Crippen molar-refractivity contribution in [3.63, 3.8) is 0 Å². The molecule has 2 saturated heterocycles. The van der Waals surface area contributed by atoms with Gasteiger partial charge >= 0.3 is 0 Å². The number of thiazole rings is 2. The molecule has 8 atom stereocenters. The highest BCUT2D eigenvalue weighted by molar-refractivity contribution is 7.10. The molecule has 0 saturated carbocycles. The molecule has 1 unspecified atom stereocenters. The van der Waals surface area contributed by atoms with E-state index in [1.807, 2.05) is 125 Å². The predicted octanol–water partition coefficient (Wildman–Crippen LogP) is 7.51. The maximum atomic E-state index is 14.7. The van der Waals surface area contributed by atoms with E-state index in [1.54, 1.807) is 62.0 Å². The summed E-state index contributed by atoms with van der Waals surface area (Å²) in [5.41, 5.74) is 3.07. The fourth-order valence-corrected chi connectivity index (χ4v) is 11.6. The van der Waals surface area contributed by atoms with Crippen LogP contribution in [0.5, 0.6) is 0 Å². The van der Waals surface area contributed by atoms with Gasteiger partial charge in [-0.2, -0.15) is 0 Å². The average Bonchev–Trinajstić information content (AvgIpc) is 4.27. The molecule has 0 bridgehead atoms. The summed E-state index contributed by atoms with van der Waals surface area (Å²) in [7, 11) is 3.39. The van der Waals surface area contributed by atoms with Gasteiger partial charge in [0.15, 0.2) is 0 Å². The third-order valence-corrected chi connectivity index (χ3v) is 16.3. The van der Waals surface area contributed by atoms with E-state index >= 15 is 0 Å². The molecule has 2 aliphatic heterocycles. The normalized spacial score (nSPS) is 19.4. The minimum absolute atomic E-state index is 0.210. The minimum atomic E-state index is -0.848. The van der Waals surface area contributed by atoms with Crippen LogP contribution in [0.3, 0.4) is 0 Å². The Bertz CT molecular complexity index is 2870. The molecule has 4 heterocycles. The Morgan fingerprint density at radius 1 is 0.553 bits per heavy atom. The number of nitrogens with one attached hydrogen (secondary N) is 6. The molecule has 18 heteroatoms. The van der Waals surface area contributed by atoms with Gasteiger partial charge in [-0.3, -0.25) is 28.8 Å². The van der Waals surface area contributed by atoms with E-state index in [9.17, 15) is 28.8 Å². The maximum Gasteiger partial charge on any atom is 0.251 e. The fourth-order valence-electron chi connectivity index (χ4n) is 9.69. The second-order valence-electron chi connectivity index (χ2n) is 22.1. The van der Waals surface area contributed by atoms with Crippen LogP contribution in [-0.4, -0.2) is 119 Å². The van der Waals surface area contributed by atoms with Gasteiger partial charge in [-0.1, -0.05) is 114 Å². The molecule has 6 N–H and O–H groups in total. The Morgan fingerprint density at radius 2 is 0.921 bits per heavy atom. The largest absolute Gasteiger partial charge is 0.347 e. The second kappa shape index (κ2) is 23.2. The standard InChI is InChI=1S/C58H70N10O6S2/c1-33(59-9)49(69)65-47(57(3,4)5)55(73)67-29-41(27-45(67)53-63-43(31-75-53)35-17-13-11-14-18-35)61-51(71)39-23-21-38-26-40(24-22-37(38)25-39)52(72)62-42-28-46(54-64-44(32-76-54)36-19-15-12-16-20-36)68(30-42)56(74)48(58(6,7)8)66-50(70)34(2)60-10/h11-26,31-34,41-42,45-48,59-60H,27-30H2,1-10H3,(H,61,71)(H,62,72)(H,65,69)(H,66,70)/t33-,34-,41-,42?,45-,46-,47+,48+/m0/s1. The second-order valence-corrected chi connectivity index (χ2v) is 23.9. The number of fused-ring (bicyclic) bond motifs is 1. The molecule has 4 aromatic carbocycles. The Balaban J connectivity index is 0.986. The van der Waals surface area contributed by atoms with Crippen molar-refractivity contribution in [1.29, 1.82) is 0 Å². The average molecular weight is 1070 g/mol. The molecule has 2 fully saturated rings. The van der Waals surface area contributed by atoms with Crippen molar-refractivity contribution in [3.8, 4) is 22.5 Å². The zero-order valence-corrected chi connectivity index (χ0v) is 46.5. The van der Waals surface area contributed by atoms with Crippen molar-refractivity contribution in [2.75, 3.05) is 27.2 Å². The number of benzene rings is 4. The third kappa shape index (κ3) is 12.5. The number of rotatable bonds is 16. The van der Waals surface area contributed by atoms with Crippen molar-refractivity contribution >= 4 is 68.9 Å². The van der Waals surface area contributed by atoms with Crippen molar-refractivity contribution in [1.82, 2.24) is 51.7 Å². The summed E-state index contributed by atoms with van der Waals surface area (Å²) < 4.78 is 0. The van der Waals surface area contributed by atoms with Gasteiger partial charge < -0.3 is 41.7 Å². The van der Waals surface area contributed by atoms with Gasteiger partial charge in [-0.15, -0.1) is 22.7 Å². The van der Waals surface area contributed by atoms with Gasteiger partial charge in [0.2, 0.25) is 23.6 Å². The summed E-state index contributed by atoms with van der Waals surface area (Å²) in [6, 6.07) is 25.8. The number of likely N-dealkylation sites (N-methyl/N-ethyl adjacent to an activating group) is 2. The zero-order valence-electron chi connectivity index (χ0n) is 44.9. The number of nitrogens with zero attached hydrogens (tertiary/aromatic N) is 4. The van der Waals surface area contributed by atoms with Crippen molar-refractivity contribution in [2.45, 2.75) is 117 Å². The topological polar surface area (TPSA) is 207 Å². The first-order chi connectivity index (χ1) is 36.1. The summed E-state index contributed by atoms with van der Waals surface area (Å²) in [5.74, 6) is -1.71. The van der Waals surface area contributed by atoms with Crippen molar-refractivity contribution in [3.05, 3.63) is 129 Å². The van der Waals surface area contributed by atoms with Gasteiger partial charge in [0.05, 0.1) is 35.6 Å². The lowest BCUT2D eigenvalue weighted by Gasteiger charge is -2.36. The first-order valence-electron chi connectivity index (χ1n) is 25.9. The molecule has 0 aliphatic carbocycles. The van der Waals surface area contributed by atoms with Crippen LogP contribution in [0.4, 0.5) is 0 Å². The van der Waals surface area contributed by atoms with Gasteiger partial charge in [0.1, 0.15) is 22.1 Å². The number of carbonyl (C=O) groups is 6. The Morgan fingerprint density at radius 3 is 1.26 bits per heavy atom. The number of aromatic nitrogens is 2. The van der Waals surface area contributed by atoms with Crippen LogP contribution in [0, 0.1) is 10.8 Å². The Hall–Kier alpha value is -6.86. The highest BCUT2D eigenvalue weighted by atomic mass is 32.1. The quantitative estimate of drug-likeness (QED) is 0.0563. The number of carbonyl (C=O) groups excluding carboxylic acids is 6.